The smallest absolute Gasteiger partial charge is 0.236 e. The molecule has 2 fully saturated rings. The lowest BCUT2D eigenvalue weighted by Gasteiger charge is -2.36. The number of hydrogen-bond acceptors (Lipinski definition) is 3. The normalized spacial score (nSPS) is 28.1. The third kappa shape index (κ3) is 3.92. The molecule has 0 aliphatic carbocycles. The molecule has 0 N–H and O–H groups in total. The summed E-state index contributed by atoms with van der Waals surface area (Å²) in [7, 11) is 1.70. The number of amides is 1. The van der Waals surface area contributed by atoms with Crippen LogP contribution in [0.5, 0.6) is 5.75 Å². The van der Waals surface area contributed by atoms with Gasteiger partial charge in [-0.1, -0.05) is 26.0 Å². The van der Waals surface area contributed by atoms with Crippen LogP contribution in [0.15, 0.2) is 24.3 Å². The standard InChI is InChI=1S/C20H30N2O2/c1-15-10-16(2)13-22(12-15)20(23)14-21-9-5-8-19(21)17-6-4-7-18(11-17)24-3/h4,6-7,11,15-16,19H,5,8-10,12-14H2,1-3H3/t15-,16-,19-/m0/s1. The second-order valence-electron chi connectivity index (χ2n) is 7.65. The monoisotopic (exact) mass is 330 g/mol. The SMILES string of the molecule is COc1cccc([C@@H]2CCCN2CC(=O)N2C[C@@H](C)C[C@H](C)C2)c1. The molecular weight excluding hydrogens is 300 g/mol. The molecule has 2 aliphatic rings. The maximum atomic E-state index is 12.8. The Bertz CT molecular complexity index is 565. The van der Waals surface area contributed by atoms with Gasteiger partial charge in [0, 0.05) is 19.1 Å². The van der Waals surface area contributed by atoms with Crippen LogP contribution in [0.3, 0.4) is 0 Å². The van der Waals surface area contributed by atoms with Crippen molar-refractivity contribution >= 4 is 5.91 Å². The molecule has 0 bridgehead atoms. The Kier molecular flexibility index (Phi) is 5.44. The van der Waals surface area contributed by atoms with Gasteiger partial charge in [-0.05, 0) is 55.3 Å². The summed E-state index contributed by atoms with van der Waals surface area (Å²) in [6.45, 7) is 7.89. The van der Waals surface area contributed by atoms with Crippen molar-refractivity contribution in [3.8, 4) is 5.75 Å². The van der Waals surface area contributed by atoms with Crippen LogP contribution in [0.2, 0.25) is 0 Å². The van der Waals surface area contributed by atoms with Gasteiger partial charge in [-0.15, -0.1) is 0 Å². The lowest BCUT2D eigenvalue weighted by atomic mass is 9.92. The van der Waals surface area contributed by atoms with Crippen LogP contribution in [0.4, 0.5) is 0 Å². The van der Waals surface area contributed by atoms with Crippen LogP contribution in [0.1, 0.15) is 44.7 Å². The van der Waals surface area contributed by atoms with E-state index in [4.69, 9.17) is 4.74 Å². The molecular formula is C20H30N2O2. The molecule has 2 saturated heterocycles. The van der Waals surface area contributed by atoms with E-state index in [-0.39, 0.29) is 0 Å². The first-order valence-corrected chi connectivity index (χ1v) is 9.22. The van der Waals surface area contributed by atoms with Gasteiger partial charge in [0.05, 0.1) is 13.7 Å². The minimum atomic E-state index is 0.295. The van der Waals surface area contributed by atoms with Gasteiger partial charge in [-0.25, -0.2) is 0 Å². The summed E-state index contributed by atoms with van der Waals surface area (Å²) in [5.41, 5.74) is 1.26. The Hall–Kier alpha value is -1.55. The fraction of sp³-hybridized carbons (Fsp3) is 0.650. The van der Waals surface area contributed by atoms with E-state index in [1.807, 2.05) is 12.1 Å². The third-order valence-corrected chi connectivity index (χ3v) is 5.40. The summed E-state index contributed by atoms with van der Waals surface area (Å²) in [6, 6.07) is 8.62. The molecule has 0 spiro atoms. The first kappa shape index (κ1) is 17.3. The highest BCUT2D eigenvalue weighted by atomic mass is 16.5. The van der Waals surface area contributed by atoms with Gasteiger partial charge < -0.3 is 9.64 Å². The number of hydrogen-bond donors (Lipinski definition) is 0. The number of nitrogens with zero attached hydrogens (tertiary/aromatic N) is 2. The van der Waals surface area contributed by atoms with Gasteiger partial charge in [0.15, 0.2) is 0 Å². The number of benzene rings is 1. The molecule has 2 aliphatic heterocycles. The highest BCUT2D eigenvalue weighted by Crippen LogP contribution is 2.33. The van der Waals surface area contributed by atoms with E-state index in [9.17, 15) is 4.79 Å². The first-order valence-electron chi connectivity index (χ1n) is 9.22. The van der Waals surface area contributed by atoms with E-state index in [1.165, 1.54) is 12.0 Å². The van der Waals surface area contributed by atoms with Crippen LogP contribution >= 0.6 is 0 Å². The zero-order valence-corrected chi connectivity index (χ0v) is 15.2. The molecule has 0 radical (unpaired) electrons. The van der Waals surface area contributed by atoms with Gasteiger partial charge in [0.25, 0.3) is 0 Å². The molecule has 0 saturated carbocycles. The highest BCUT2D eigenvalue weighted by Gasteiger charge is 2.31. The van der Waals surface area contributed by atoms with Gasteiger partial charge in [-0.2, -0.15) is 0 Å². The summed E-state index contributed by atoms with van der Waals surface area (Å²) in [5.74, 6) is 2.42. The minimum absolute atomic E-state index is 0.295. The number of carbonyl (C=O) groups excluding carboxylic acids is 1. The van der Waals surface area contributed by atoms with Gasteiger partial charge >= 0.3 is 0 Å². The van der Waals surface area contributed by atoms with E-state index < -0.39 is 0 Å². The second-order valence-corrected chi connectivity index (χ2v) is 7.65. The predicted molar refractivity (Wildman–Crippen MR) is 96.1 cm³/mol. The van der Waals surface area contributed by atoms with Crippen molar-refractivity contribution in [2.45, 2.75) is 39.2 Å². The molecule has 132 valence electrons. The summed E-state index contributed by atoms with van der Waals surface area (Å²) >= 11 is 0. The number of carbonyl (C=O) groups is 1. The Labute approximate surface area is 145 Å². The van der Waals surface area contributed by atoms with Crippen molar-refractivity contribution < 1.29 is 9.53 Å². The van der Waals surface area contributed by atoms with Crippen LogP contribution < -0.4 is 4.74 Å². The summed E-state index contributed by atoms with van der Waals surface area (Å²) in [5, 5.41) is 0. The maximum absolute atomic E-state index is 12.8. The van der Waals surface area contributed by atoms with Crippen LogP contribution in [-0.4, -0.2) is 49.0 Å². The molecule has 0 aromatic heterocycles. The van der Waals surface area contributed by atoms with Crippen molar-refractivity contribution in [3.63, 3.8) is 0 Å². The Morgan fingerprint density at radius 3 is 2.71 bits per heavy atom. The molecule has 3 atom stereocenters. The van der Waals surface area contributed by atoms with E-state index in [0.717, 1.165) is 38.2 Å². The largest absolute Gasteiger partial charge is 0.497 e. The Morgan fingerprint density at radius 2 is 2.00 bits per heavy atom. The quantitative estimate of drug-likeness (QED) is 0.849. The number of piperidine rings is 1. The molecule has 4 nitrogen and oxygen atoms in total. The molecule has 24 heavy (non-hydrogen) atoms. The fourth-order valence-electron chi connectivity index (χ4n) is 4.38. The summed E-state index contributed by atoms with van der Waals surface area (Å²) < 4.78 is 5.36. The number of likely N-dealkylation sites (tertiary alicyclic amines) is 2. The molecule has 1 aromatic carbocycles. The molecule has 0 unspecified atom stereocenters. The molecule has 2 heterocycles. The molecule has 1 aromatic rings. The topological polar surface area (TPSA) is 32.8 Å². The van der Waals surface area contributed by atoms with Crippen LogP contribution in [-0.2, 0) is 4.79 Å². The van der Waals surface area contributed by atoms with Crippen molar-refractivity contribution in [2.24, 2.45) is 11.8 Å². The average Bonchev–Trinajstić information content (AvgIpc) is 3.02. The predicted octanol–water partition coefficient (Wildman–Crippen LogP) is 3.34. The molecule has 1 amide bonds. The number of ether oxygens (including phenoxy) is 1. The van der Waals surface area contributed by atoms with Crippen molar-refractivity contribution in [1.82, 2.24) is 9.80 Å². The third-order valence-electron chi connectivity index (χ3n) is 5.40. The Balaban J connectivity index is 1.66. The van der Waals surface area contributed by atoms with Gasteiger partial charge in [0.1, 0.15) is 5.75 Å². The van der Waals surface area contributed by atoms with Gasteiger partial charge in [-0.3, -0.25) is 9.69 Å². The lowest BCUT2D eigenvalue weighted by Crippen LogP contribution is -2.46. The van der Waals surface area contributed by atoms with Crippen LogP contribution in [0, 0.1) is 11.8 Å². The van der Waals surface area contributed by atoms with E-state index in [0.29, 0.717) is 30.3 Å². The zero-order chi connectivity index (χ0) is 17.1. The Morgan fingerprint density at radius 1 is 1.25 bits per heavy atom. The van der Waals surface area contributed by atoms with Crippen molar-refractivity contribution in [3.05, 3.63) is 29.8 Å². The summed E-state index contributed by atoms with van der Waals surface area (Å²) in [4.78, 5) is 17.2. The van der Waals surface area contributed by atoms with Crippen LogP contribution in [0.25, 0.3) is 0 Å². The lowest BCUT2D eigenvalue weighted by molar-refractivity contribution is -0.135. The highest BCUT2D eigenvalue weighted by molar-refractivity contribution is 5.78. The first-order chi connectivity index (χ1) is 11.6. The molecule has 3 rings (SSSR count). The van der Waals surface area contributed by atoms with Crippen molar-refractivity contribution in [2.75, 3.05) is 33.3 Å². The zero-order valence-electron chi connectivity index (χ0n) is 15.2. The number of rotatable bonds is 4. The fourth-order valence-corrected chi connectivity index (χ4v) is 4.38. The van der Waals surface area contributed by atoms with E-state index >= 15 is 0 Å². The number of methoxy groups -OCH3 is 1. The molecule has 4 heteroatoms. The average molecular weight is 330 g/mol. The van der Waals surface area contributed by atoms with E-state index in [1.54, 1.807) is 7.11 Å². The van der Waals surface area contributed by atoms with Crippen molar-refractivity contribution in [1.29, 1.82) is 0 Å². The maximum Gasteiger partial charge on any atom is 0.236 e. The summed E-state index contributed by atoms with van der Waals surface area (Å²) in [6.07, 6.45) is 3.51. The van der Waals surface area contributed by atoms with Gasteiger partial charge in [0.2, 0.25) is 5.91 Å². The second kappa shape index (κ2) is 7.56. The van der Waals surface area contributed by atoms with E-state index in [2.05, 4.69) is 35.8 Å². The minimum Gasteiger partial charge on any atom is -0.497 e.